The van der Waals surface area contributed by atoms with E-state index in [0.717, 1.165) is 273 Å². The normalized spacial score (nSPS) is 11.6. The van der Waals surface area contributed by atoms with Gasteiger partial charge in [-0.3, -0.25) is 19.2 Å². The first-order valence-corrected chi connectivity index (χ1v) is 34.9. The molecule has 3 aromatic heterocycles. The third kappa shape index (κ3) is 27.7. The molecule has 17 heteroatoms. The second-order valence-corrected chi connectivity index (χ2v) is 24.9. The van der Waals surface area contributed by atoms with Crippen molar-refractivity contribution in [1.29, 1.82) is 0 Å². The molecule has 0 saturated carbocycles. The van der Waals surface area contributed by atoms with E-state index >= 15 is 0 Å². The number of primary amides is 4. The summed E-state index contributed by atoms with van der Waals surface area (Å²) in [5, 5.41) is 0. The van der Waals surface area contributed by atoms with Crippen LogP contribution in [-0.2, 0) is 38.7 Å². The van der Waals surface area contributed by atoms with Crippen LogP contribution in [0, 0.1) is 0 Å². The summed E-state index contributed by atoms with van der Waals surface area (Å²) in [4.78, 5) is 66.0. The van der Waals surface area contributed by atoms with Gasteiger partial charge in [-0.2, -0.15) is 0 Å². The third-order valence-corrected chi connectivity index (χ3v) is 17.0. The average Bonchev–Trinajstić information content (AvgIpc) is 1.75. The van der Waals surface area contributed by atoms with Gasteiger partial charge < -0.3 is 51.9 Å². The Bertz CT molecular complexity index is 2990. The zero-order chi connectivity index (χ0) is 64.8. The summed E-state index contributed by atoms with van der Waals surface area (Å²) < 4.78 is 27.1. The van der Waals surface area contributed by atoms with Crippen LogP contribution in [0.25, 0.3) is 68.6 Å². The van der Waals surface area contributed by atoms with Crippen molar-refractivity contribution in [3.05, 3.63) is 95.6 Å². The molecule has 0 atom stereocenters. The summed E-state index contributed by atoms with van der Waals surface area (Å²) in [6.45, 7) is 2.16. The van der Waals surface area contributed by atoms with E-state index in [0.29, 0.717) is 75.1 Å². The fourth-order valence-corrected chi connectivity index (χ4v) is 12.0. The number of nitrogens with two attached hydrogens (primary N) is 4. The van der Waals surface area contributed by atoms with Gasteiger partial charge in [-0.1, -0.05) is 203 Å². The van der Waals surface area contributed by atoms with Crippen molar-refractivity contribution in [2.75, 3.05) is 26.4 Å². The largest absolute Gasteiger partial charge is 2.00 e. The molecule has 2 aliphatic rings. The fraction of sp³-hybridized carbons (Fsp3) is 0.526. The number of nitrogens with zero attached hydrogens (tertiary/aromatic N) is 4. The van der Waals surface area contributed by atoms with Crippen molar-refractivity contribution in [1.82, 2.24) is 19.9 Å². The van der Waals surface area contributed by atoms with E-state index in [1.165, 1.54) is 0 Å². The first kappa shape index (κ1) is 74.8. The number of aromatic nitrogens is 4. The van der Waals surface area contributed by atoms with Crippen LogP contribution in [0.15, 0.2) is 72.8 Å². The van der Waals surface area contributed by atoms with Crippen molar-refractivity contribution < 1.29 is 57.6 Å². The smallest absolute Gasteiger partial charge is 0.657 e. The van der Waals surface area contributed by atoms with Gasteiger partial charge in [0.2, 0.25) is 23.6 Å². The van der Waals surface area contributed by atoms with Crippen molar-refractivity contribution in [2.45, 2.75) is 231 Å². The predicted molar refractivity (Wildman–Crippen MR) is 373 cm³/mol. The van der Waals surface area contributed by atoms with Gasteiger partial charge >= 0.3 is 19.5 Å². The van der Waals surface area contributed by atoms with Gasteiger partial charge in [-0.15, -0.1) is 22.1 Å². The molecule has 498 valence electrons. The van der Waals surface area contributed by atoms with Crippen molar-refractivity contribution >= 4 is 70.0 Å². The van der Waals surface area contributed by atoms with Crippen LogP contribution in [0.1, 0.15) is 254 Å². The Hall–Kier alpha value is -7.26. The van der Waals surface area contributed by atoms with E-state index in [-0.39, 0.29) is 43.1 Å². The first-order chi connectivity index (χ1) is 45.0. The number of carbonyl (C=O) groups is 4. The van der Waals surface area contributed by atoms with Crippen LogP contribution >= 0.6 is 0 Å². The zero-order valence-electron chi connectivity index (χ0n) is 55.6. The van der Waals surface area contributed by atoms with E-state index in [9.17, 15) is 19.2 Å². The molecule has 93 heavy (non-hydrogen) atoms. The van der Waals surface area contributed by atoms with E-state index in [1.807, 2.05) is 97.1 Å². The number of benzene rings is 2. The van der Waals surface area contributed by atoms with Gasteiger partial charge in [0, 0.05) is 36.8 Å². The first-order valence-electron chi connectivity index (χ1n) is 34.9. The van der Waals surface area contributed by atoms with Gasteiger partial charge in [0.15, 0.2) is 0 Å². The maximum Gasteiger partial charge on any atom is 2.00 e. The molecule has 0 saturated heterocycles. The minimum atomic E-state index is -0.226. The van der Waals surface area contributed by atoms with E-state index in [1.54, 1.807) is 0 Å². The Morgan fingerprint density at radius 2 is 0.559 bits per heavy atom. The number of fused-ring (bicyclic) bond motifs is 8. The average molecular weight is 1320 g/mol. The van der Waals surface area contributed by atoms with Gasteiger partial charge in [-0.25, -0.2) is 9.97 Å². The Morgan fingerprint density at radius 1 is 0.312 bits per heavy atom. The number of rotatable bonds is 50. The molecule has 8 bridgehead atoms. The van der Waals surface area contributed by atoms with E-state index < -0.39 is 0 Å². The Labute approximate surface area is 565 Å². The van der Waals surface area contributed by atoms with Gasteiger partial charge in [0.25, 0.3) is 0 Å². The molecule has 7 rings (SSSR count). The summed E-state index contributed by atoms with van der Waals surface area (Å²) >= 11 is 0. The molecule has 16 nitrogen and oxygen atoms in total. The number of unbranched alkanes of at least 4 members (excludes halogenated alkanes) is 28. The molecule has 0 unspecified atom stereocenters. The molecule has 5 heterocycles. The Kier molecular flexibility index (Phi) is 35.1. The second-order valence-electron chi connectivity index (χ2n) is 24.9. The summed E-state index contributed by atoms with van der Waals surface area (Å²) in [7, 11) is 0. The summed E-state index contributed by atoms with van der Waals surface area (Å²) in [5.41, 5.74) is 30.5. The SMILES string of the molecule is NC(=O)CCCCCCCCCCOc1cccc(OCCCCCCCCCCC(N)=O)c1-c1c2nc(cc3ccc([n-]3)c(-c3c(OCCCCCCCCCCC(N)=O)cccc3OCCCCCCCCCCC(N)=O)c3nc(cc4ccc1[n-]4)C=C3)C=C2.[Zn+2]. The summed E-state index contributed by atoms with van der Waals surface area (Å²) in [5.74, 6) is 1.94. The van der Waals surface area contributed by atoms with Gasteiger partial charge in [0.1, 0.15) is 23.0 Å². The van der Waals surface area contributed by atoms with Crippen LogP contribution in [0.3, 0.4) is 0 Å². The number of amides is 4. The molecule has 0 spiro atoms. The molecular formula is C76H104N8O8Zn. The molecule has 2 aliphatic heterocycles. The monoisotopic (exact) mass is 1320 g/mol. The Balaban J connectivity index is 0.0000137. The number of hydrogen-bond acceptors (Lipinski definition) is 10. The van der Waals surface area contributed by atoms with Crippen LogP contribution in [0.2, 0.25) is 0 Å². The topological polar surface area (TPSA) is 263 Å². The Morgan fingerprint density at radius 3 is 0.817 bits per heavy atom. The van der Waals surface area contributed by atoms with Crippen LogP contribution in [0.4, 0.5) is 0 Å². The molecule has 0 fully saturated rings. The molecule has 8 N–H and O–H groups in total. The molecule has 5 aromatic rings. The minimum absolute atomic E-state index is 0. The quantitative estimate of drug-likeness (QED) is 0.0205. The van der Waals surface area contributed by atoms with Crippen molar-refractivity contribution in [3.8, 4) is 45.3 Å². The van der Waals surface area contributed by atoms with Gasteiger partial charge in [-0.05, 0) is 99.9 Å². The standard InChI is InChI=1S/C76H106N8O8.Zn/c77-69(85)39-25-17-9-1-5-13-21-29-51-89-65-35-33-36-66(90-52-30-22-14-6-2-10-18-26-40-70(78)86)75(65)73-61-47-43-57(81-61)55-59-45-49-63(83-59)74(64-50-46-60(84-64)56-58-44-48-62(73)82-58)76-67(91-53-31-23-15-7-3-11-19-27-41-71(79)87)37-34-38-68(76)92-54-32-24-16-8-4-12-20-28-42-72(80)88;/h33-38,43-50,55-56H,1-32,39-42,51-54H2,(H10,77,78,79,80,81,82,83,84,85,86,87,88);/q;+2/p-2. The van der Waals surface area contributed by atoms with Crippen LogP contribution < -0.4 is 51.9 Å². The predicted octanol–water partition coefficient (Wildman–Crippen LogP) is 16.7. The number of hydrogen-bond donors (Lipinski definition) is 4. The molecule has 4 amide bonds. The number of ether oxygens (including phenoxy) is 4. The van der Waals surface area contributed by atoms with Gasteiger partial charge in [0.05, 0.1) is 60.3 Å². The third-order valence-electron chi connectivity index (χ3n) is 17.0. The summed E-state index contributed by atoms with van der Waals surface area (Å²) in [6, 6.07) is 24.3. The van der Waals surface area contributed by atoms with E-state index in [2.05, 4.69) is 0 Å². The fourth-order valence-electron chi connectivity index (χ4n) is 12.0. The molecular weight excluding hydrogens is 1220 g/mol. The second kappa shape index (κ2) is 43.6. The van der Waals surface area contributed by atoms with Crippen LogP contribution in [0.5, 0.6) is 23.0 Å². The number of carbonyl (C=O) groups excluding carboxylic acids is 4. The van der Waals surface area contributed by atoms with E-state index in [4.69, 9.17) is 61.8 Å². The summed E-state index contributed by atoms with van der Waals surface area (Å²) in [6.07, 6.45) is 43.4. The molecule has 0 radical (unpaired) electrons. The van der Waals surface area contributed by atoms with Crippen molar-refractivity contribution in [2.24, 2.45) is 22.9 Å². The minimum Gasteiger partial charge on any atom is -0.657 e. The molecule has 0 aliphatic carbocycles. The maximum atomic E-state index is 11.2. The zero-order valence-corrected chi connectivity index (χ0v) is 58.6. The van der Waals surface area contributed by atoms with Crippen molar-refractivity contribution in [3.63, 3.8) is 0 Å². The van der Waals surface area contributed by atoms with Crippen LogP contribution in [-0.4, -0.2) is 60.0 Å². The molecule has 2 aromatic carbocycles. The maximum absolute atomic E-state index is 11.2.